The Labute approximate surface area is 98.7 Å². The van der Waals surface area contributed by atoms with Gasteiger partial charge in [-0.25, -0.2) is 0 Å². The predicted molar refractivity (Wildman–Crippen MR) is 68.3 cm³/mol. The molecule has 3 heteroatoms. The highest BCUT2D eigenvalue weighted by atomic mass is 16.1. The third kappa shape index (κ3) is 1.35. The van der Waals surface area contributed by atoms with Crippen molar-refractivity contribution >= 4 is 28.1 Å². The minimum atomic E-state index is 0.483. The summed E-state index contributed by atoms with van der Waals surface area (Å²) in [7, 11) is 0. The van der Waals surface area contributed by atoms with E-state index in [1.807, 2.05) is 18.2 Å². The molecule has 2 aromatic heterocycles. The summed E-state index contributed by atoms with van der Waals surface area (Å²) in [5.74, 6) is 0. The quantitative estimate of drug-likeness (QED) is 0.627. The third-order valence-electron chi connectivity index (χ3n) is 3.12. The summed E-state index contributed by atoms with van der Waals surface area (Å²) in [6.07, 6.45) is 2.57. The fraction of sp³-hybridized carbons (Fsp3) is 0.143. The summed E-state index contributed by atoms with van der Waals surface area (Å²) < 4.78 is 2.21. The smallest absolute Gasteiger partial charge is 0.168 e. The van der Waals surface area contributed by atoms with E-state index < -0.39 is 0 Å². The molecule has 3 rings (SSSR count). The van der Waals surface area contributed by atoms with E-state index in [4.69, 9.17) is 0 Å². The Hall–Kier alpha value is -2.16. The summed E-state index contributed by atoms with van der Waals surface area (Å²) in [4.78, 5) is 14.9. The first-order chi connectivity index (χ1) is 8.35. The van der Waals surface area contributed by atoms with Gasteiger partial charge in [0.25, 0.3) is 0 Å². The largest absolute Gasteiger partial charge is 0.339 e. The van der Waals surface area contributed by atoms with Gasteiger partial charge in [0.05, 0.1) is 11.7 Å². The van der Waals surface area contributed by atoms with Crippen molar-refractivity contribution in [3.05, 3.63) is 42.2 Å². The monoisotopic (exact) mass is 224 g/mol. The number of rotatable bonds is 2. The first kappa shape index (κ1) is 10.0. The molecule has 0 spiro atoms. The lowest BCUT2D eigenvalue weighted by Crippen LogP contribution is -1.94. The number of hydrogen-bond acceptors (Lipinski definition) is 2. The van der Waals surface area contributed by atoms with Gasteiger partial charge in [-0.1, -0.05) is 18.2 Å². The van der Waals surface area contributed by atoms with E-state index in [1.54, 1.807) is 6.20 Å². The molecule has 0 aliphatic rings. The summed E-state index contributed by atoms with van der Waals surface area (Å²) in [6, 6.07) is 10.1. The number of carbonyl (C=O) groups is 1. The van der Waals surface area contributed by atoms with E-state index in [2.05, 4.69) is 28.6 Å². The van der Waals surface area contributed by atoms with Gasteiger partial charge in [-0.3, -0.25) is 9.78 Å². The van der Waals surface area contributed by atoms with Crippen LogP contribution < -0.4 is 0 Å². The van der Waals surface area contributed by atoms with Crippen LogP contribution in [-0.4, -0.2) is 15.8 Å². The minimum Gasteiger partial charge on any atom is -0.339 e. The molecule has 0 fully saturated rings. The van der Waals surface area contributed by atoms with E-state index in [9.17, 15) is 4.79 Å². The van der Waals surface area contributed by atoms with Crippen LogP contribution in [0.4, 0.5) is 0 Å². The average Bonchev–Trinajstić information content (AvgIpc) is 2.71. The van der Waals surface area contributed by atoms with Gasteiger partial charge in [0.15, 0.2) is 6.29 Å². The predicted octanol–water partition coefficient (Wildman–Crippen LogP) is 3.02. The highest BCUT2D eigenvalue weighted by Crippen LogP contribution is 2.28. The van der Waals surface area contributed by atoms with Crippen LogP contribution in [0.5, 0.6) is 0 Å². The molecule has 2 heterocycles. The van der Waals surface area contributed by atoms with Crippen LogP contribution in [0.1, 0.15) is 17.4 Å². The number of aryl methyl sites for hydroxylation is 1. The van der Waals surface area contributed by atoms with Crippen molar-refractivity contribution in [2.75, 3.05) is 0 Å². The molecule has 17 heavy (non-hydrogen) atoms. The zero-order chi connectivity index (χ0) is 11.8. The van der Waals surface area contributed by atoms with Crippen molar-refractivity contribution in [3.63, 3.8) is 0 Å². The minimum absolute atomic E-state index is 0.483. The van der Waals surface area contributed by atoms with Crippen LogP contribution in [-0.2, 0) is 6.54 Å². The van der Waals surface area contributed by atoms with Crippen LogP contribution in [0.2, 0.25) is 0 Å². The maximum atomic E-state index is 10.8. The van der Waals surface area contributed by atoms with Gasteiger partial charge < -0.3 is 4.57 Å². The number of benzene rings is 1. The molecule has 0 saturated heterocycles. The molecule has 3 nitrogen and oxygen atoms in total. The SMILES string of the molecule is CCn1c2ccccc2c2cc(C=O)ncc21. The second-order valence-electron chi connectivity index (χ2n) is 4.01. The van der Waals surface area contributed by atoms with Crippen molar-refractivity contribution in [1.82, 2.24) is 9.55 Å². The topological polar surface area (TPSA) is 34.9 Å². The number of pyridine rings is 1. The van der Waals surface area contributed by atoms with E-state index in [1.165, 1.54) is 10.9 Å². The molecular formula is C14H12N2O. The summed E-state index contributed by atoms with van der Waals surface area (Å²) in [5.41, 5.74) is 2.76. The molecule has 0 N–H and O–H groups in total. The van der Waals surface area contributed by atoms with Crippen LogP contribution in [0, 0.1) is 0 Å². The van der Waals surface area contributed by atoms with Gasteiger partial charge in [-0.05, 0) is 19.1 Å². The summed E-state index contributed by atoms with van der Waals surface area (Å²) >= 11 is 0. The number of aldehydes is 1. The molecule has 0 saturated carbocycles. The number of nitrogens with zero attached hydrogens (tertiary/aromatic N) is 2. The molecule has 0 atom stereocenters. The van der Waals surface area contributed by atoms with Gasteiger partial charge in [0.2, 0.25) is 0 Å². The van der Waals surface area contributed by atoms with Crippen LogP contribution in [0.25, 0.3) is 21.8 Å². The standard InChI is InChI=1S/C14H12N2O/c1-2-16-13-6-4-3-5-11(13)12-7-10(9-17)15-8-14(12)16/h3-9H,2H2,1H3. The molecule has 3 aromatic rings. The van der Waals surface area contributed by atoms with Gasteiger partial charge in [0, 0.05) is 22.8 Å². The first-order valence-corrected chi connectivity index (χ1v) is 5.67. The van der Waals surface area contributed by atoms with Crippen molar-refractivity contribution in [2.24, 2.45) is 0 Å². The fourth-order valence-corrected chi connectivity index (χ4v) is 2.37. The normalized spacial score (nSPS) is 11.1. The molecule has 0 bridgehead atoms. The average molecular weight is 224 g/mol. The molecule has 0 aliphatic carbocycles. The number of aromatic nitrogens is 2. The highest BCUT2D eigenvalue weighted by molar-refractivity contribution is 6.08. The number of para-hydroxylation sites is 1. The molecule has 84 valence electrons. The van der Waals surface area contributed by atoms with Gasteiger partial charge in [-0.2, -0.15) is 0 Å². The van der Waals surface area contributed by atoms with Crippen LogP contribution in [0.15, 0.2) is 36.5 Å². The molecule has 0 aliphatic heterocycles. The van der Waals surface area contributed by atoms with E-state index in [0.717, 1.165) is 23.7 Å². The lowest BCUT2D eigenvalue weighted by molar-refractivity contribution is 0.111. The van der Waals surface area contributed by atoms with Crippen LogP contribution >= 0.6 is 0 Å². The lowest BCUT2D eigenvalue weighted by Gasteiger charge is -2.01. The van der Waals surface area contributed by atoms with Gasteiger partial charge in [0.1, 0.15) is 5.69 Å². The Morgan fingerprint density at radius 2 is 2.06 bits per heavy atom. The van der Waals surface area contributed by atoms with Crippen molar-refractivity contribution in [1.29, 1.82) is 0 Å². The Kier molecular flexibility index (Phi) is 2.18. The maximum Gasteiger partial charge on any atom is 0.168 e. The second kappa shape index (κ2) is 3.70. The van der Waals surface area contributed by atoms with Crippen molar-refractivity contribution in [3.8, 4) is 0 Å². The summed E-state index contributed by atoms with van der Waals surface area (Å²) in [6.45, 7) is 3.01. The number of fused-ring (bicyclic) bond motifs is 3. The zero-order valence-corrected chi connectivity index (χ0v) is 9.55. The fourth-order valence-electron chi connectivity index (χ4n) is 2.37. The molecule has 0 unspecified atom stereocenters. The van der Waals surface area contributed by atoms with E-state index >= 15 is 0 Å². The Morgan fingerprint density at radius 3 is 2.82 bits per heavy atom. The first-order valence-electron chi connectivity index (χ1n) is 5.67. The second-order valence-corrected chi connectivity index (χ2v) is 4.01. The maximum absolute atomic E-state index is 10.8. The van der Waals surface area contributed by atoms with E-state index in [-0.39, 0.29) is 0 Å². The molecule has 1 aromatic carbocycles. The van der Waals surface area contributed by atoms with Gasteiger partial charge in [-0.15, -0.1) is 0 Å². The van der Waals surface area contributed by atoms with Gasteiger partial charge >= 0.3 is 0 Å². The lowest BCUT2D eigenvalue weighted by atomic mass is 10.2. The van der Waals surface area contributed by atoms with Crippen LogP contribution in [0.3, 0.4) is 0 Å². The molecule has 0 radical (unpaired) electrons. The third-order valence-corrected chi connectivity index (χ3v) is 3.12. The summed E-state index contributed by atoms with van der Waals surface area (Å²) in [5, 5.41) is 2.27. The molecular weight excluding hydrogens is 212 g/mol. The Bertz CT molecular complexity index is 713. The van der Waals surface area contributed by atoms with Crippen molar-refractivity contribution in [2.45, 2.75) is 13.5 Å². The number of carbonyl (C=O) groups excluding carboxylic acids is 1. The zero-order valence-electron chi connectivity index (χ0n) is 9.55. The molecule has 0 amide bonds. The Balaban J connectivity index is 2.53. The highest BCUT2D eigenvalue weighted by Gasteiger charge is 2.09. The van der Waals surface area contributed by atoms with Crippen molar-refractivity contribution < 1.29 is 4.79 Å². The Morgan fingerprint density at radius 1 is 1.24 bits per heavy atom. The number of hydrogen-bond donors (Lipinski definition) is 0. The van der Waals surface area contributed by atoms with E-state index in [0.29, 0.717) is 5.69 Å².